The summed E-state index contributed by atoms with van der Waals surface area (Å²) in [6, 6.07) is 0. The molecule has 0 rings (SSSR count). The second-order valence-electron chi connectivity index (χ2n) is 16.1. The van der Waals surface area contributed by atoms with Crippen LogP contribution in [0.5, 0.6) is 0 Å². The van der Waals surface area contributed by atoms with Gasteiger partial charge in [0.2, 0.25) is 0 Å². The lowest BCUT2D eigenvalue weighted by Crippen LogP contribution is -2.30. The molecule has 0 amide bonds. The number of carbonyl (C=O) groups is 3. The molecule has 0 fully saturated rings. The summed E-state index contributed by atoms with van der Waals surface area (Å²) in [5.41, 5.74) is 0. The van der Waals surface area contributed by atoms with Crippen LogP contribution in [0.1, 0.15) is 220 Å². The lowest BCUT2D eigenvalue weighted by atomic mass is 10.1. The third-order valence-electron chi connectivity index (χ3n) is 10.2. The first-order valence-electron chi connectivity index (χ1n) is 24.7. The smallest absolute Gasteiger partial charge is 0.306 e. The van der Waals surface area contributed by atoms with Gasteiger partial charge in [-0.2, -0.15) is 0 Å². The maximum Gasteiger partial charge on any atom is 0.306 e. The summed E-state index contributed by atoms with van der Waals surface area (Å²) >= 11 is 0. The molecular formula is C54H90O6. The van der Waals surface area contributed by atoms with E-state index in [1.807, 2.05) is 18.2 Å². The molecule has 0 aromatic rings. The Labute approximate surface area is 369 Å². The molecule has 0 radical (unpaired) electrons. The molecule has 1 unspecified atom stereocenters. The molecule has 6 heteroatoms. The van der Waals surface area contributed by atoms with E-state index in [9.17, 15) is 14.4 Å². The molecule has 0 saturated heterocycles. The van der Waals surface area contributed by atoms with E-state index >= 15 is 0 Å². The van der Waals surface area contributed by atoms with Crippen LogP contribution < -0.4 is 0 Å². The topological polar surface area (TPSA) is 78.9 Å². The normalized spacial score (nSPS) is 12.8. The third kappa shape index (κ3) is 45.7. The van der Waals surface area contributed by atoms with E-state index in [0.29, 0.717) is 19.3 Å². The molecule has 0 saturated carbocycles. The fourth-order valence-corrected chi connectivity index (χ4v) is 6.50. The van der Waals surface area contributed by atoms with E-state index in [4.69, 9.17) is 14.2 Å². The molecule has 0 heterocycles. The van der Waals surface area contributed by atoms with Crippen molar-refractivity contribution in [1.29, 1.82) is 0 Å². The second-order valence-corrected chi connectivity index (χ2v) is 16.1. The first kappa shape index (κ1) is 56.6. The van der Waals surface area contributed by atoms with Crippen molar-refractivity contribution in [3.05, 3.63) is 85.1 Å². The summed E-state index contributed by atoms with van der Waals surface area (Å²) in [7, 11) is 0. The van der Waals surface area contributed by atoms with Gasteiger partial charge in [-0.25, -0.2) is 0 Å². The molecule has 60 heavy (non-hydrogen) atoms. The van der Waals surface area contributed by atoms with Crippen molar-refractivity contribution in [2.45, 2.75) is 226 Å². The minimum Gasteiger partial charge on any atom is -0.462 e. The van der Waals surface area contributed by atoms with Crippen LogP contribution in [0.2, 0.25) is 0 Å². The van der Waals surface area contributed by atoms with Crippen LogP contribution in [-0.2, 0) is 28.6 Å². The Morgan fingerprint density at radius 3 is 1.08 bits per heavy atom. The highest BCUT2D eigenvalue weighted by Gasteiger charge is 2.19. The summed E-state index contributed by atoms with van der Waals surface area (Å²) < 4.78 is 16.7. The predicted octanol–water partition coefficient (Wildman–Crippen LogP) is 16.0. The number of rotatable bonds is 43. The number of hydrogen-bond donors (Lipinski definition) is 0. The molecular weight excluding hydrogens is 745 g/mol. The monoisotopic (exact) mass is 835 g/mol. The van der Waals surface area contributed by atoms with Crippen molar-refractivity contribution in [1.82, 2.24) is 0 Å². The number of carbonyl (C=O) groups excluding carboxylic acids is 3. The maximum atomic E-state index is 12.8. The molecule has 0 aliphatic rings. The fourth-order valence-electron chi connectivity index (χ4n) is 6.50. The second kappa shape index (κ2) is 48.3. The van der Waals surface area contributed by atoms with Gasteiger partial charge in [-0.05, 0) is 89.9 Å². The van der Waals surface area contributed by atoms with Crippen molar-refractivity contribution in [3.8, 4) is 0 Å². The average molecular weight is 835 g/mol. The van der Waals surface area contributed by atoms with Gasteiger partial charge in [0, 0.05) is 19.3 Å². The van der Waals surface area contributed by atoms with Crippen molar-refractivity contribution in [2.75, 3.05) is 13.2 Å². The fraction of sp³-hybridized carbons (Fsp3) is 0.685. The van der Waals surface area contributed by atoms with Crippen LogP contribution in [0.25, 0.3) is 0 Å². The van der Waals surface area contributed by atoms with Gasteiger partial charge in [-0.3, -0.25) is 14.4 Å². The lowest BCUT2D eigenvalue weighted by Gasteiger charge is -2.18. The summed E-state index contributed by atoms with van der Waals surface area (Å²) in [4.78, 5) is 37.9. The molecule has 0 aliphatic heterocycles. The number of esters is 3. The highest BCUT2D eigenvalue weighted by Crippen LogP contribution is 2.13. The summed E-state index contributed by atoms with van der Waals surface area (Å²) in [5.74, 6) is -0.942. The Balaban J connectivity index is 4.47. The molecule has 0 N–H and O–H groups in total. The van der Waals surface area contributed by atoms with Gasteiger partial charge in [0.15, 0.2) is 6.10 Å². The maximum absolute atomic E-state index is 12.8. The van der Waals surface area contributed by atoms with Gasteiger partial charge in [0.25, 0.3) is 0 Å². The Kier molecular flexibility index (Phi) is 45.5. The van der Waals surface area contributed by atoms with Crippen molar-refractivity contribution >= 4 is 17.9 Å². The van der Waals surface area contributed by atoms with E-state index in [2.05, 4.69) is 87.6 Å². The van der Waals surface area contributed by atoms with Crippen LogP contribution in [0.4, 0.5) is 0 Å². The third-order valence-corrected chi connectivity index (χ3v) is 10.2. The van der Waals surface area contributed by atoms with Crippen molar-refractivity contribution in [2.24, 2.45) is 0 Å². The first-order chi connectivity index (χ1) is 29.5. The van der Waals surface area contributed by atoms with Gasteiger partial charge in [0.05, 0.1) is 0 Å². The quantitative estimate of drug-likeness (QED) is 0.0200. The summed E-state index contributed by atoms with van der Waals surface area (Å²) in [6.07, 6.45) is 61.3. The molecule has 0 bridgehead atoms. The first-order valence-corrected chi connectivity index (χ1v) is 24.7. The zero-order valence-electron chi connectivity index (χ0n) is 38.9. The highest BCUT2D eigenvalue weighted by molar-refractivity contribution is 5.71. The van der Waals surface area contributed by atoms with Crippen LogP contribution in [0.15, 0.2) is 85.1 Å². The van der Waals surface area contributed by atoms with E-state index in [-0.39, 0.29) is 31.1 Å². The van der Waals surface area contributed by atoms with Crippen molar-refractivity contribution < 1.29 is 28.6 Å². The lowest BCUT2D eigenvalue weighted by molar-refractivity contribution is -0.167. The number of hydrogen-bond acceptors (Lipinski definition) is 6. The van der Waals surface area contributed by atoms with Crippen molar-refractivity contribution in [3.63, 3.8) is 0 Å². The number of allylic oxidation sites excluding steroid dienone is 14. The molecule has 1 atom stereocenters. The Morgan fingerprint density at radius 1 is 0.350 bits per heavy atom. The minimum absolute atomic E-state index is 0.0945. The zero-order chi connectivity index (χ0) is 43.7. The highest BCUT2D eigenvalue weighted by atomic mass is 16.6. The van der Waals surface area contributed by atoms with E-state index < -0.39 is 6.10 Å². The molecule has 0 aromatic heterocycles. The van der Waals surface area contributed by atoms with Gasteiger partial charge in [0.1, 0.15) is 13.2 Å². The Hall–Kier alpha value is -3.41. The molecule has 0 aliphatic carbocycles. The summed E-state index contributed by atoms with van der Waals surface area (Å²) in [5, 5.41) is 0. The van der Waals surface area contributed by atoms with Crippen LogP contribution in [-0.4, -0.2) is 37.2 Å². The zero-order valence-corrected chi connectivity index (χ0v) is 38.9. The predicted molar refractivity (Wildman–Crippen MR) is 256 cm³/mol. The Bertz CT molecular complexity index is 1190. The van der Waals surface area contributed by atoms with Crippen LogP contribution in [0, 0.1) is 0 Å². The van der Waals surface area contributed by atoms with E-state index in [0.717, 1.165) is 103 Å². The molecule has 0 aromatic carbocycles. The standard InChI is InChI=1S/C54H90O6/c1-4-7-10-13-16-19-22-25-27-29-32-35-38-41-44-47-53(56)59-50-51(49-58-52(55)46-43-40-37-34-31-24-21-18-15-12-9-6-3)60-54(57)48-45-42-39-36-33-30-28-26-23-20-17-14-11-8-5-2/h7,10,13,16-23,25-27,51H,4-6,8-9,11-12,14-15,24,28-50H2,1-3H3/b10-7-,16-13-,20-17-,21-18-,22-19-,26-23-,27-25-. The molecule has 342 valence electrons. The number of ether oxygens (including phenoxy) is 3. The van der Waals surface area contributed by atoms with E-state index in [1.54, 1.807) is 0 Å². The Morgan fingerprint density at radius 2 is 0.667 bits per heavy atom. The van der Waals surface area contributed by atoms with Gasteiger partial charge < -0.3 is 14.2 Å². The van der Waals surface area contributed by atoms with Gasteiger partial charge in [-0.1, -0.05) is 196 Å². The van der Waals surface area contributed by atoms with Gasteiger partial charge >= 0.3 is 17.9 Å². The van der Waals surface area contributed by atoms with Gasteiger partial charge in [-0.15, -0.1) is 0 Å². The average Bonchev–Trinajstić information content (AvgIpc) is 3.24. The van der Waals surface area contributed by atoms with E-state index in [1.165, 1.54) is 77.0 Å². The molecule has 6 nitrogen and oxygen atoms in total. The number of unbranched alkanes of at least 4 members (excludes halogenated alkanes) is 22. The largest absolute Gasteiger partial charge is 0.462 e. The minimum atomic E-state index is -0.795. The van der Waals surface area contributed by atoms with Crippen LogP contribution >= 0.6 is 0 Å². The van der Waals surface area contributed by atoms with Crippen LogP contribution in [0.3, 0.4) is 0 Å². The molecule has 0 spiro atoms. The SMILES string of the molecule is CC\C=C/C=C\C=C/C=C\CCCCCCCC(=O)OCC(COC(=O)CCCCCCC/C=C\CCCCC)OC(=O)CCCCCCCC/C=C\C=C/CCCCC. The summed E-state index contributed by atoms with van der Waals surface area (Å²) in [6.45, 7) is 6.39.